The van der Waals surface area contributed by atoms with Crippen LogP contribution in [0, 0.1) is 6.92 Å². The van der Waals surface area contributed by atoms with Crippen LogP contribution in [0.25, 0.3) is 27.5 Å². The highest BCUT2D eigenvalue weighted by atomic mass is 14.3. The molecule has 0 amide bonds. The summed E-state index contributed by atoms with van der Waals surface area (Å²) in [4.78, 5) is 0. The summed E-state index contributed by atoms with van der Waals surface area (Å²) in [6.07, 6.45) is 3.50. The maximum atomic E-state index is 2.43. The first-order chi connectivity index (χ1) is 14.0. The largest absolute Gasteiger partial charge is 0.0752 e. The van der Waals surface area contributed by atoms with E-state index in [-0.39, 0.29) is 5.41 Å². The Morgan fingerprint density at radius 3 is 2.10 bits per heavy atom. The van der Waals surface area contributed by atoms with E-state index >= 15 is 0 Å². The maximum absolute atomic E-state index is 2.43. The third kappa shape index (κ3) is 3.19. The van der Waals surface area contributed by atoms with Crippen molar-refractivity contribution in [2.75, 3.05) is 0 Å². The molecule has 0 radical (unpaired) electrons. The van der Waals surface area contributed by atoms with Crippen LogP contribution in [0.1, 0.15) is 42.5 Å². The van der Waals surface area contributed by atoms with Gasteiger partial charge in [0.2, 0.25) is 0 Å². The van der Waals surface area contributed by atoms with Crippen molar-refractivity contribution in [1.82, 2.24) is 0 Å². The zero-order valence-electron chi connectivity index (χ0n) is 17.4. The number of allylic oxidation sites excluding steroid dienone is 1. The van der Waals surface area contributed by atoms with Gasteiger partial charge in [-0.25, -0.2) is 0 Å². The van der Waals surface area contributed by atoms with Gasteiger partial charge in [0.25, 0.3) is 0 Å². The highest BCUT2D eigenvalue weighted by molar-refractivity contribution is 5.89. The predicted molar refractivity (Wildman–Crippen MR) is 125 cm³/mol. The zero-order valence-corrected chi connectivity index (χ0v) is 17.4. The second-order valence-corrected chi connectivity index (χ2v) is 8.89. The molecule has 0 unspecified atom stereocenters. The lowest BCUT2D eigenvalue weighted by molar-refractivity contribution is 0.527. The van der Waals surface area contributed by atoms with Crippen LogP contribution in [-0.2, 0) is 5.41 Å². The first-order valence-corrected chi connectivity index (χ1v) is 10.4. The van der Waals surface area contributed by atoms with E-state index in [1.54, 1.807) is 0 Å². The minimum Gasteiger partial charge on any atom is -0.0752 e. The van der Waals surface area contributed by atoms with E-state index in [0.29, 0.717) is 0 Å². The van der Waals surface area contributed by atoms with Crippen LogP contribution < -0.4 is 0 Å². The number of hydrogen-bond donors (Lipinski definition) is 0. The minimum atomic E-state index is 0.158. The number of benzene rings is 4. The Kier molecular flexibility index (Phi) is 4.17. The minimum absolute atomic E-state index is 0.158. The molecule has 142 valence electrons. The number of hydrogen-bond acceptors (Lipinski definition) is 0. The smallest absolute Gasteiger partial charge is 0.00626 e. The summed E-state index contributed by atoms with van der Waals surface area (Å²) in [5.74, 6) is 0. The normalized spacial score (nSPS) is 15.1. The molecular weight excluding hydrogens is 348 g/mol. The molecule has 0 saturated heterocycles. The van der Waals surface area contributed by atoms with Crippen molar-refractivity contribution in [2.45, 2.75) is 32.6 Å². The molecule has 1 aliphatic carbocycles. The van der Waals surface area contributed by atoms with E-state index in [1.807, 2.05) is 0 Å². The van der Waals surface area contributed by atoms with Gasteiger partial charge in [0.15, 0.2) is 0 Å². The average Bonchev–Trinajstić information content (AvgIpc) is 2.74. The monoisotopic (exact) mass is 374 g/mol. The molecule has 0 fully saturated rings. The Bertz CT molecular complexity index is 1240. The summed E-state index contributed by atoms with van der Waals surface area (Å²) in [6.45, 7) is 6.85. The van der Waals surface area contributed by atoms with E-state index in [2.05, 4.69) is 112 Å². The van der Waals surface area contributed by atoms with Crippen LogP contribution in [0.15, 0.2) is 91.0 Å². The molecule has 0 aromatic heterocycles. The fraction of sp³-hybridized carbons (Fsp3) is 0.172. The zero-order chi connectivity index (χ0) is 20.0. The summed E-state index contributed by atoms with van der Waals surface area (Å²) in [6, 6.07) is 31.3. The Morgan fingerprint density at radius 2 is 1.31 bits per heavy atom. The number of fused-ring (bicyclic) bond motifs is 2. The van der Waals surface area contributed by atoms with Crippen molar-refractivity contribution < 1.29 is 0 Å². The molecule has 5 rings (SSSR count). The van der Waals surface area contributed by atoms with Gasteiger partial charge in [0.1, 0.15) is 0 Å². The Labute approximate surface area is 173 Å². The molecule has 0 spiro atoms. The molecule has 0 aliphatic heterocycles. The van der Waals surface area contributed by atoms with Crippen LogP contribution in [-0.4, -0.2) is 0 Å². The third-order valence-corrected chi connectivity index (χ3v) is 6.30. The molecule has 0 saturated carbocycles. The van der Waals surface area contributed by atoms with E-state index in [4.69, 9.17) is 0 Å². The second kappa shape index (κ2) is 6.74. The van der Waals surface area contributed by atoms with E-state index in [0.717, 1.165) is 6.42 Å². The van der Waals surface area contributed by atoms with Crippen LogP contribution in [0.3, 0.4) is 0 Å². The summed E-state index contributed by atoms with van der Waals surface area (Å²) >= 11 is 0. The third-order valence-electron chi connectivity index (χ3n) is 6.30. The van der Waals surface area contributed by atoms with Gasteiger partial charge in [0.05, 0.1) is 0 Å². The van der Waals surface area contributed by atoms with Crippen molar-refractivity contribution in [3.05, 3.63) is 113 Å². The van der Waals surface area contributed by atoms with Crippen molar-refractivity contribution in [3.8, 4) is 11.1 Å². The molecule has 0 heterocycles. The summed E-state index contributed by atoms with van der Waals surface area (Å²) in [5.41, 5.74) is 9.51. The fourth-order valence-electron chi connectivity index (χ4n) is 4.49. The molecule has 0 bridgehead atoms. The average molecular weight is 375 g/mol. The van der Waals surface area contributed by atoms with Gasteiger partial charge in [-0.2, -0.15) is 0 Å². The van der Waals surface area contributed by atoms with Crippen LogP contribution in [0.5, 0.6) is 0 Å². The van der Waals surface area contributed by atoms with Gasteiger partial charge in [-0.15, -0.1) is 0 Å². The molecule has 0 N–H and O–H groups in total. The molecule has 0 heteroatoms. The van der Waals surface area contributed by atoms with Crippen molar-refractivity contribution in [1.29, 1.82) is 0 Å². The molecule has 0 nitrogen and oxygen atoms in total. The van der Waals surface area contributed by atoms with Crippen molar-refractivity contribution in [3.63, 3.8) is 0 Å². The van der Waals surface area contributed by atoms with Gasteiger partial charge < -0.3 is 0 Å². The van der Waals surface area contributed by atoms with Crippen LogP contribution in [0.4, 0.5) is 0 Å². The lowest BCUT2D eigenvalue weighted by Gasteiger charge is -2.32. The Morgan fingerprint density at radius 1 is 0.655 bits per heavy atom. The Balaban J connectivity index is 1.66. The van der Waals surface area contributed by atoms with Crippen LogP contribution in [0.2, 0.25) is 0 Å². The molecular formula is C29H26. The van der Waals surface area contributed by atoms with Crippen molar-refractivity contribution in [2.24, 2.45) is 0 Å². The van der Waals surface area contributed by atoms with E-state index in [1.165, 1.54) is 49.7 Å². The molecule has 4 aromatic carbocycles. The Hall–Kier alpha value is -3.12. The standard InChI is InChI=1S/C29H26/c1-20-8-10-22(11-9-20)26-16-17-29(2,3)28-15-14-25(19-27(26)28)24-13-12-21-6-4-5-7-23(21)18-24/h4-16,18-19H,17H2,1-3H3. The van der Waals surface area contributed by atoms with Gasteiger partial charge in [-0.1, -0.05) is 98.3 Å². The SMILES string of the molecule is Cc1ccc(C2=CCC(C)(C)c3ccc(-c4ccc5ccccc5c4)cc32)cc1. The van der Waals surface area contributed by atoms with E-state index in [9.17, 15) is 0 Å². The lowest BCUT2D eigenvalue weighted by Crippen LogP contribution is -2.21. The quantitative estimate of drug-likeness (QED) is 0.334. The van der Waals surface area contributed by atoms with E-state index < -0.39 is 0 Å². The molecule has 1 aliphatic rings. The summed E-state index contributed by atoms with van der Waals surface area (Å²) in [7, 11) is 0. The summed E-state index contributed by atoms with van der Waals surface area (Å²) in [5, 5.41) is 2.58. The maximum Gasteiger partial charge on any atom is -0.00626 e. The summed E-state index contributed by atoms with van der Waals surface area (Å²) < 4.78 is 0. The highest BCUT2D eigenvalue weighted by Crippen LogP contribution is 2.43. The molecule has 0 atom stereocenters. The van der Waals surface area contributed by atoms with Crippen molar-refractivity contribution >= 4 is 16.3 Å². The first-order valence-electron chi connectivity index (χ1n) is 10.4. The van der Waals surface area contributed by atoms with Crippen LogP contribution >= 0.6 is 0 Å². The van der Waals surface area contributed by atoms with Gasteiger partial charge in [-0.05, 0) is 75.1 Å². The first kappa shape index (κ1) is 17.9. The topological polar surface area (TPSA) is 0 Å². The number of rotatable bonds is 2. The van der Waals surface area contributed by atoms with Gasteiger partial charge in [-0.3, -0.25) is 0 Å². The second-order valence-electron chi connectivity index (χ2n) is 8.89. The number of aryl methyl sites for hydroxylation is 1. The highest BCUT2D eigenvalue weighted by Gasteiger charge is 2.28. The lowest BCUT2D eigenvalue weighted by atomic mass is 9.71. The molecule has 4 aromatic rings. The van der Waals surface area contributed by atoms with Gasteiger partial charge >= 0.3 is 0 Å². The van der Waals surface area contributed by atoms with Gasteiger partial charge in [0, 0.05) is 0 Å². The predicted octanol–water partition coefficient (Wildman–Crippen LogP) is 7.93. The molecule has 29 heavy (non-hydrogen) atoms. The fourth-order valence-corrected chi connectivity index (χ4v) is 4.49.